The molecule has 0 amide bonds. The van der Waals surface area contributed by atoms with Gasteiger partial charge in [0.1, 0.15) is 17.8 Å². The number of esters is 2. The highest BCUT2D eigenvalue weighted by Crippen LogP contribution is 2.47. The van der Waals surface area contributed by atoms with E-state index in [1.165, 1.54) is 7.11 Å². The van der Waals surface area contributed by atoms with Crippen LogP contribution in [0.25, 0.3) is 0 Å². The van der Waals surface area contributed by atoms with Gasteiger partial charge in [0.05, 0.1) is 25.2 Å². The lowest BCUT2D eigenvalue weighted by molar-refractivity contribution is -0.151. The molecule has 1 aliphatic heterocycles. The van der Waals surface area contributed by atoms with Crippen molar-refractivity contribution >= 4 is 17.7 Å². The normalized spacial score (nSPS) is 25.1. The molecule has 0 aromatic heterocycles. The molecule has 0 radical (unpaired) electrons. The Morgan fingerprint density at radius 2 is 1.85 bits per heavy atom. The van der Waals surface area contributed by atoms with Gasteiger partial charge in [0.25, 0.3) is 0 Å². The number of dihydropyridines is 1. The van der Waals surface area contributed by atoms with Crippen molar-refractivity contribution in [3.05, 3.63) is 52.4 Å². The zero-order valence-electron chi connectivity index (χ0n) is 20.3. The Morgan fingerprint density at radius 3 is 2.53 bits per heavy atom. The maximum atomic E-state index is 13.8. The predicted molar refractivity (Wildman–Crippen MR) is 126 cm³/mol. The molecule has 4 rings (SSSR count). The summed E-state index contributed by atoms with van der Waals surface area (Å²) in [6.45, 7) is 6.04. The second-order valence-electron chi connectivity index (χ2n) is 9.32. The molecular formula is C27H33NO6. The van der Waals surface area contributed by atoms with Crippen molar-refractivity contribution in [2.24, 2.45) is 11.8 Å². The summed E-state index contributed by atoms with van der Waals surface area (Å²) in [5, 5.41) is 3.31. The van der Waals surface area contributed by atoms with Crippen LogP contribution in [0.4, 0.5) is 0 Å². The standard InChI is InChI=1S/C27H33NO6/c1-5-33-20-13-9-8-12-18(20)23-22(27(31)34-17-10-6-7-11-17)16(3)28-19-14-15(2)21(26(30)32-4)25(29)24(19)23/h8-9,12-13,15,17,21,23,28H,5-7,10-11,14H2,1-4H3. The number of methoxy groups -OCH3 is 1. The Morgan fingerprint density at radius 1 is 1.15 bits per heavy atom. The molecule has 1 aromatic carbocycles. The highest BCUT2D eigenvalue weighted by molar-refractivity contribution is 6.12. The van der Waals surface area contributed by atoms with Crippen LogP contribution in [0.1, 0.15) is 64.4 Å². The minimum Gasteiger partial charge on any atom is -0.494 e. The number of ether oxygens (including phenoxy) is 3. The lowest BCUT2D eigenvalue weighted by Gasteiger charge is -2.38. The molecule has 1 N–H and O–H groups in total. The van der Waals surface area contributed by atoms with E-state index in [9.17, 15) is 14.4 Å². The lowest BCUT2D eigenvalue weighted by atomic mass is 9.69. The predicted octanol–water partition coefficient (Wildman–Crippen LogP) is 4.18. The van der Waals surface area contributed by atoms with Crippen LogP contribution in [-0.2, 0) is 23.9 Å². The number of hydrogen-bond acceptors (Lipinski definition) is 7. The summed E-state index contributed by atoms with van der Waals surface area (Å²) in [5.41, 5.74) is 2.93. The maximum absolute atomic E-state index is 13.8. The van der Waals surface area contributed by atoms with Crippen LogP contribution in [0.15, 0.2) is 46.8 Å². The first-order valence-electron chi connectivity index (χ1n) is 12.1. The Bertz CT molecular complexity index is 1050. The van der Waals surface area contributed by atoms with Gasteiger partial charge in [-0.05, 0) is 57.9 Å². The average molecular weight is 468 g/mol. The number of ketones is 1. The second kappa shape index (κ2) is 10.0. The Hall–Kier alpha value is -3.09. The highest BCUT2D eigenvalue weighted by Gasteiger charge is 2.48. The van der Waals surface area contributed by atoms with Gasteiger partial charge in [-0.15, -0.1) is 0 Å². The van der Waals surface area contributed by atoms with Crippen molar-refractivity contribution in [1.82, 2.24) is 5.32 Å². The number of hydrogen-bond donors (Lipinski definition) is 1. The molecule has 7 nitrogen and oxygen atoms in total. The smallest absolute Gasteiger partial charge is 0.337 e. The molecule has 0 saturated heterocycles. The number of benzene rings is 1. The van der Waals surface area contributed by atoms with Crippen LogP contribution >= 0.6 is 0 Å². The molecule has 3 aliphatic rings. The largest absolute Gasteiger partial charge is 0.494 e. The molecule has 34 heavy (non-hydrogen) atoms. The third-order valence-corrected chi connectivity index (χ3v) is 7.07. The van der Waals surface area contributed by atoms with Crippen LogP contribution in [0.5, 0.6) is 5.75 Å². The van der Waals surface area contributed by atoms with Crippen LogP contribution in [0.2, 0.25) is 0 Å². The van der Waals surface area contributed by atoms with E-state index in [0.717, 1.165) is 31.4 Å². The van der Waals surface area contributed by atoms with Crippen LogP contribution < -0.4 is 10.1 Å². The van der Waals surface area contributed by atoms with E-state index in [-0.39, 0.29) is 17.8 Å². The van der Waals surface area contributed by atoms with Gasteiger partial charge in [-0.3, -0.25) is 9.59 Å². The van der Waals surface area contributed by atoms with Crippen molar-refractivity contribution in [1.29, 1.82) is 0 Å². The summed E-state index contributed by atoms with van der Waals surface area (Å²) in [4.78, 5) is 39.9. The zero-order valence-corrected chi connectivity index (χ0v) is 20.3. The molecule has 1 aromatic rings. The number of allylic oxidation sites excluding steroid dienone is 3. The number of carbonyl (C=O) groups excluding carboxylic acids is 3. The summed E-state index contributed by atoms with van der Waals surface area (Å²) < 4.78 is 16.8. The quantitative estimate of drug-likeness (QED) is 0.496. The van der Waals surface area contributed by atoms with E-state index < -0.39 is 23.8 Å². The number of para-hydroxylation sites is 1. The van der Waals surface area contributed by atoms with Gasteiger partial charge in [-0.2, -0.15) is 0 Å². The summed E-state index contributed by atoms with van der Waals surface area (Å²) >= 11 is 0. The number of rotatable bonds is 6. The molecule has 182 valence electrons. The zero-order chi connectivity index (χ0) is 24.4. The van der Waals surface area contributed by atoms with E-state index in [4.69, 9.17) is 14.2 Å². The molecule has 7 heteroatoms. The molecule has 1 heterocycles. The Kier molecular flexibility index (Phi) is 7.10. The van der Waals surface area contributed by atoms with E-state index in [2.05, 4.69) is 5.32 Å². The Balaban J connectivity index is 1.84. The van der Waals surface area contributed by atoms with Gasteiger partial charge in [0.15, 0.2) is 5.78 Å². The number of nitrogens with one attached hydrogen (secondary N) is 1. The van der Waals surface area contributed by atoms with Gasteiger partial charge in [0, 0.05) is 22.5 Å². The molecule has 1 saturated carbocycles. The van der Waals surface area contributed by atoms with Crippen LogP contribution in [0.3, 0.4) is 0 Å². The summed E-state index contributed by atoms with van der Waals surface area (Å²) in [5.74, 6) is -2.54. The first-order valence-corrected chi connectivity index (χ1v) is 12.1. The van der Waals surface area contributed by atoms with Gasteiger partial charge in [-0.25, -0.2) is 4.79 Å². The average Bonchev–Trinajstić information content (AvgIpc) is 3.31. The van der Waals surface area contributed by atoms with Gasteiger partial charge in [0.2, 0.25) is 0 Å². The molecular weight excluding hydrogens is 434 g/mol. The molecule has 0 spiro atoms. The van der Waals surface area contributed by atoms with E-state index in [0.29, 0.717) is 41.2 Å². The fourth-order valence-electron chi connectivity index (χ4n) is 5.49. The lowest BCUT2D eigenvalue weighted by Crippen LogP contribution is -2.43. The minimum atomic E-state index is -0.919. The van der Waals surface area contributed by atoms with Gasteiger partial charge >= 0.3 is 11.9 Å². The van der Waals surface area contributed by atoms with Gasteiger partial charge < -0.3 is 19.5 Å². The SMILES string of the molecule is CCOc1ccccc1C1C(C(=O)OC2CCCC2)=C(C)NC2=C1C(=O)C(C(=O)OC)C(C)C2. The van der Waals surface area contributed by atoms with Crippen molar-refractivity contribution in [3.8, 4) is 5.75 Å². The number of Topliss-reactive ketones (excluding diaryl/α,β-unsaturated/α-hetero) is 1. The van der Waals surface area contributed by atoms with E-state index in [1.54, 1.807) is 0 Å². The molecule has 0 bridgehead atoms. The third-order valence-electron chi connectivity index (χ3n) is 7.07. The fraction of sp³-hybridized carbons (Fsp3) is 0.519. The van der Waals surface area contributed by atoms with Gasteiger partial charge in [-0.1, -0.05) is 25.1 Å². The summed E-state index contributed by atoms with van der Waals surface area (Å²) in [7, 11) is 1.29. The van der Waals surface area contributed by atoms with Crippen molar-refractivity contribution < 1.29 is 28.6 Å². The maximum Gasteiger partial charge on any atom is 0.337 e. The third kappa shape index (κ3) is 4.36. The topological polar surface area (TPSA) is 90.9 Å². The molecule has 3 atom stereocenters. The van der Waals surface area contributed by atoms with Crippen LogP contribution in [0, 0.1) is 11.8 Å². The first kappa shape index (κ1) is 24.0. The molecule has 1 fully saturated rings. The summed E-state index contributed by atoms with van der Waals surface area (Å²) in [6.07, 6.45) is 4.15. The monoisotopic (exact) mass is 467 g/mol. The van der Waals surface area contributed by atoms with Crippen molar-refractivity contribution in [2.45, 2.75) is 64.9 Å². The van der Waals surface area contributed by atoms with Crippen molar-refractivity contribution in [2.75, 3.05) is 13.7 Å². The minimum absolute atomic E-state index is 0.115. The Labute approximate surface area is 200 Å². The highest BCUT2D eigenvalue weighted by atomic mass is 16.5. The van der Waals surface area contributed by atoms with Crippen molar-refractivity contribution in [3.63, 3.8) is 0 Å². The summed E-state index contributed by atoms with van der Waals surface area (Å²) in [6, 6.07) is 7.44. The number of carbonyl (C=O) groups is 3. The second-order valence-corrected chi connectivity index (χ2v) is 9.32. The van der Waals surface area contributed by atoms with E-state index in [1.807, 2.05) is 45.0 Å². The van der Waals surface area contributed by atoms with E-state index >= 15 is 0 Å². The molecule has 2 aliphatic carbocycles. The molecule has 3 unspecified atom stereocenters. The van der Waals surface area contributed by atoms with Crippen LogP contribution in [-0.4, -0.2) is 37.5 Å². The fourth-order valence-corrected chi connectivity index (χ4v) is 5.49. The first-order chi connectivity index (χ1) is 16.4.